The summed E-state index contributed by atoms with van der Waals surface area (Å²) in [6.45, 7) is 0.0563. The lowest BCUT2D eigenvalue weighted by atomic mass is 9.94. The maximum atomic E-state index is 10.9. The molecule has 0 bridgehead atoms. The third kappa shape index (κ3) is 1.60. The van der Waals surface area contributed by atoms with Crippen LogP contribution in [-0.4, -0.2) is 33.5 Å². The van der Waals surface area contributed by atoms with E-state index in [1.165, 1.54) is 6.07 Å². The van der Waals surface area contributed by atoms with Crippen LogP contribution in [0.25, 0.3) is 0 Å². The molecule has 0 saturated heterocycles. The van der Waals surface area contributed by atoms with E-state index >= 15 is 0 Å². The molecule has 84 valence electrons. The molecule has 1 heterocycles. The summed E-state index contributed by atoms with van der Waals surface area (Å²) in [7, 11) is 0. The van der Waals surface area contributed by atoms with E-state index in [1.54, 1.807) is 12.1 Å². The molecule has 0 spiro atoms. The number of aldehydes is 1. The zero-order chi connectivity index (χ0) is 11.7. The average Bonchev–Trinajstić information content (AvgIpc) is 2.27. The van der Waals surface area contributed by atoms with Crippen LogP contribution in [0.4, 0.5) is 4.79 Å². The molecule has 1 aromatic rings. The number of amides is 1. The van der Waals surface area contributed by atoms with Crippen LogP contribution in [0, 0.1) is 0 Å². The number of nitrogens with zero attached hydrogens (tertiary/aromatic N) is 1. The van der Waals surface area contributed by atoms with Crippen molar-refractivity contribution in [3.63, 3.8) is 0 Å². The number of carboxylic acid groups (broad SMARTS) is 1. The first-order chi connectivity index (χ1) is 7.63. The van der Waals surface area contributed by atoms with Gasteiger partial charge in [-0.1, -0.05) is 12.1 Å². The minimum Gasteiger partial charge on any atom is -0.508 e. The van der Waals surface area contributed by atoms with Crippen molar-refractivity contribution >= 4 is 12.4 Å². The van der Waals surface area contributed by atoms with E-state index in [0.717, 1.165) is 10.5 Å². The fraction of sp³-hybridized carbons (Fsp3) is 0.273. The van der Waals surface area contributed by atoms with E-state index < -0.39 is 12.1 Å². The second kappa shape index (κ2) is 3.84. The molecule has 0 aromatic heterocycles. The topological polar surface area (TPSA) is 77.8 Å². The van der Waals surface area contributed by atoms with Gasteiger partial charge in [-0.25, -0.2) is 4.79 Å². The Hall–Kier alpha value is -2.04. The molecule has 1 atom stereocenters. The number of rotatable bonds is 1. The first kappa shape index (κ1) is 10.5. The summed E-state index contributed by atoms with van der Waals surface area (Å²) >= 11 is 0. The molecule has 0 radical (unpaired) electrons. The zero-order valence-electron chi connectivity index (χ0n) is 8.46. The Morgan fingerprint density at radius 2 is 2.25 bits per heavy atom. The van der Waals surface area contributed by atoms with Gasteiger partial charge < -0.3 is 15.0 Å². The van der Waals surface area contributed by atoms with Crippen molar-refractivity contribution in [3.05, 3.63) is 29.3 Å². The Balaban J connectivity index is 2.41. The SMILES string of the molecule is O=CC1Cc2cccc(O)c2CN1C(=O)O. The van der Waals surface area contributed by atoms with Gasteiger partial charge in [-0.2, -0.15) is 0 Å². The average molecular weight is 221 g/mol. The number of benzene rings is 1. The third-order valence-corrected chi connectivity index (χ3v) is 2.81. The van der Waals surface area contributed by atoms with E-state index in [0.29, 0.717) is 18.3 Å². The van der Waals surface area contributed by atoms with Crippen molar-refractivity contribution in [1.29, 1.82) is 0 Å². The third-order valence-electron chi connectivity index (χ3n) is 2.81. The van der Waals surface area contributed by atoms with Crippen LogP contribution < -0.4 is 0 Å². The van der Waals surface area contributed by atoms with Gasteiger partial charge in [0.25, 0.3) is 0 Å². The Bertz CT molecular complexity index is 444. The molecular weight excluding hydrogens is 210 g/mol. The summed E-state index contributed by atoms with van der Waals surface area (Å²) < 4.78 is 0. The Labute approximate surface area is 91.9 Å². The number of phenols is 1. The number of phenolic OH excluding ortho intramolecular Hbond substituents is 1. The molecule has 1 aliphatic heterocycles. The Morgan fingerprint density at radius 3 is 2.88 bits per heavy atom. The highest BCUT2D eigenvalue weighted by atomic mass is 16.4. The normalized spacial score (nSPS) is 19.0. The van der Waals surface area contributed by atoms with Crippen LogP contribution in [0.3, 0.4) is 0 Å². The molecule has 0 saturated carbocycles. The van der Waals surface area contributed by atoms with Crippen LogP contribution in [0.2, 0.25) is 0 Å². The molecule has 2 rings (SSSR count). The van der Waals surface area contributed by atoms with E-state index in [4.69, 9.17) is 5.11 Å². The molecule has 0 fully saturated rings. The minimum absolute atomic E-state index is 0.0563. The van der Waals surface area contributed by atoms with Crippen molar-refractivity contribution in [2.24, 2.45) is 0 Å². The smallest absolute Gasteiger partial charge is 0.408 e. The first-order valence-electron chi connectivity index (χ1n) is 4.88. The van der Waals surface area contributed by atoms with Crippen molar-refractivity contribution in [1.82, 2.24) is 4.90 Å². The largest absolute Gasteiger partial charge is 0.508 e. The van der Waals surface area contributed by atoms with Gasteiger partial charge in [0, 0.05) is 12.0 Å². The van der Waals surface area contributed by atoms with Gasteiger partial charge in [-0.15, -0.1) is 0 Å². The highest BCUT2D eigenvalue weighted by Gasteiger charge is 2.30. The summed E-state index contributed by atoms with van der Waals surface area (Å²) in [6.07, 6.45) is -0.202. The number of carbonyl (C=O) groups excluding carboxylic acids is 1. The van der Waals surface area contributed by atoms with E-state index in [-0.39, 0.29) is 12.3 Å². The maximum absolute atomic E-state index is 10.9. The first-order valence-corrected chi connectivity index (χ1v) is 4.88. The molecular formula is C11H11NO4. The zero-order valence-corrected chi connectivity index (χ0v) is 8.46. The van der Waals surface area contributed by atoms with Crippen molar-refractivity contribution in [3.8, 4) is 5.75 Å². The molecule has 2 N–H and O–H groups in total. The number of hydrogen-bond acceptors (Lipinski definition) is 3. The highest BCUT2D eigenvalue weighted by Crippen LogP contribution is 2.29. The fourth-order valence-electron chi connectivity index (χ4n) is 1.95. The minimum atomic E-state index is -1.15. The molecule has 5 heteroatoms. The highest BCUT2D eigenvalue weighted by molar-refractivity contribution is 5.73. The number of aromatic hydroxyl groups is 1. The van der Waals surface area contributed by atoms with Gasteiger partial charge in [0.1, 0.15) is 12.0 Å². The lowest BCUT2D eigenvalue weighted by molar-refractivity contribution is -0.112. The lowest BCUT2D eigenvalue weighted by Gasteiger charge is -2.31. The summed E-state index contributed by atoms with van der Waals surface area (Å²) in [5, 5.41) is 18.5. The predicted octanol–water partition coefficient (Wildman–Crippen LogP) is 0.996. The molecule has 1 aromatic carbocycles. The fourth-order valence-corrected chi connectivity index (χ4v) is 1.95. The van der Waals surface area contributed by atoms with E-state index in [1.807, 2.05) is 0 Å². The van der Waals surface area contributed by atoms with Gasteiger partial charge >= 0.3 is 6.09 Å². The van der Waals surface area contributed by atoms with Gasteiger partial charge in [-0.3, -0.25) is 4.90 Å². The second-order valence-corrected chi connectivity index (χ2v) is 3.73. The molecule has 16 heavy (non-hydrogen) atoms. The van der Waals surface area contributed by atoms with Crippen molar-refractivity contribution in [2.45, 2.75) is 19.0 Å². The summed E-state index contributed by atoms with van der Waals surface area (Å²) in [5.41, 5.74) is 1.41. The Morgan fingerprint density at radius 1 is 1.50 bits per heavy atom. The van der Waals surface area contributed by atoms with Crippen LogP contribution in [0.5, 0.6) is 5.75 Å². The number of fused-ring (bicyclic) bond motifs is 1. The van der Waals surface area contributed by atoms with Crippen LogP contribution in [0.15, 0.2) is 18.2 Å². The van der Waals surface area contributed by atoms with Gasteiger partial charge in [0.15, 0.2) is 0 Å². The van der Waals surface area contributed by atoms with Crippen LogP contribution in [0.1, 0.15) is 11.1 Å². The van der Waals surface area contributed by atoms with Crippen LogP contribution in [-0.2, 0) is 17.8 Å². The maximum Gasteiger partial charge on any atom is 0.408 e. The van der Waals surface area contributed by atoms with E-state index in [2.05, 4.69) is 0 Å². The van der Waals surface area contributed by atoms with Gasteiger partial charge in [0.05, 0.1) is 12.6 Å². The standard InChI is InChI=1S/C11H11NO4/c13-6-8-4-7-2-1-3-10(14)9(7)5-12(8)11(15)16/h1-3,6,8,14H,4-5H2,(H,15,16). The predicted molar refractivity (Wildman–Crippen MR) is 55.2 cm³/mol. The van der Waals surface area contributed by atoms with Crippen molar-refractivity contribution < 1.29 is 19.8 Å². The van der Waals surface area contributed by atoms with Crippen LogP contribution >= 0.6 is 0 Å². The molecule has 1 unspecified atom stereocenters. The number of carbonyl (C=O) groups is 2. The van der Waals surface area contributed by atoms with Gasteiger partial charge in [0.2, 0.25) is 0 Å². The quantitative estimate of drug-likeness (QED) is 0.693. The Kier molecular flexibility index (Phi) is 2.52. The van der Waals surface area contributed by atoms with Crippen molar-refractivity contribution in [2.75, 3.05) is 0 Å². The van der Waals surface area contributed by atoms with Gasteiger partial charge in [-0.05, 0) is 11.6 Å². The summed E-state index contributed by atoms with van der Waals surface area (Å²) in [6, 6.07) is 4.34. The molecule has 1 amide bonds. The second-order valence-electron chi connectivity index (χ2n) is 3.73. The lowest BCUT2D eigenvalue weighted by Crippen LogP contribution is -2.44. The van der Waals surface area contributed by atoms with E-state index in [9.17, 15) is 14.7 Å². The summed E-state index contributed by atoms with van der Waals surface area (Å²) in [5.74, 6) is 0.0769. The molecule has 5 nitrogen and oxygen atoms in total. The summed E-state index contributed by atoms with van der Waals surface area (Å²) in [4.78, 5) is 22.8. The number of hydrogen-bond donors (Lipinski definition) is 2. The molecule has 1 aliphatic rings. The monoisotopic (exact) mass is 221 g/mol. The molecule has 0 aliphatic carbocycles.